The molecule has 164 valence electrons. The average molecular weight is 442 g/mol. The van der Waals surface area contributed by atoms with Gasteiger partial charge >= 0.3 is 0 Å². The van der Waals surface area contributed by atoms with Crippen LogP contribution in [-0.4, -0.2) is 24.2 Å². The molecule has 0 amide bonds. The highest BCUT2D eigenvalue weighted by molar-refractivity contribution is 6.76. The first kappa shape index (κ1) is 22.2. The van der Waals surface area contributed by atoms with E-state index in [-0.39, 0.29) is 11.6 Å². The van der Waals surface area contributed by atoms with Crippen LogP contribution < -0.4 is 0 Å². The number of ketones is 2. The number of Topliss-reactive ketones (excluding diaryl/α,β-unsaturated/α-hetero) is 1. The fourth-order valence-corrected chi connectivity index (χ4v) is 5.67. The van der Waals surface area contributed by atoms with Crippen molar-refractivity contribution >= 4 is 41.4 Å². The zero-order chi connectivity index (χ0) is 23.0. The molecule has 1 heterocycles. The molecule has 4 rings (SSSR count). The summed E-state index contributed by atoms with van der Waals surface area (Å²) in [7, 11) is -1.12. The molecule has 0 bridgehead atoms. The number of carbonyl (C=O) groups is 2. The molecule has 0 radical (unpaired) electrons. The zero-order valence-corrected chi connectivity index (χ0v) is 20.7. The predicted octanol–water partition coefficient (Wildman–Crippen LogP) is 7.26. The number of aromatic nitrogens is 1. The van der Waals surface area contributed by atoms with Crippen molar-refractivity contribution in [3.63, 3.8) is 0 Å². The topological polar surface area (TPSA) is 39.1 Å². The second-order valence-electron chi connectivity index (χ2n) is 9.98. The quantitative estimate of drug-likeness (QED) is 0.223. The van der Waals surface area contributed by atoms with Gasteiger partial charge in [-0.1, -0.05) is 50.0 Å². The van der Waals surface area contributed by atoms with Gasteiger partial charge in [0, 0.05) is 53.1 Å². The summed E-state index contributed by atoms with van der Waals surface area (Å²) >= 11 is 0. The Labute approximate surface area is 191 Å². The van der Waals surface area contributed by atoms with Crippen molar-refractivity contribution in [2.75, 3.05) is 0 Å². The Hall–Kier alpha value is -2.98. The van der Waals surface area contributed by atoms with E-state index in [0.29, 0.717) is 11.1 Å². The third-order valence-corrected chi connectivity index (χ3v) is 8.09. The van der Waals surface area contributed by atoms with Crippen molar-refractivity contribution < 1.29 is 9.59 Å². The summed E-state index contributed by atoms with van der Waals surface area (Å²) in [5.41, 5.74) is 5.34. The molecule has 4 aromatic rings. The summed E-state index contributed by atoms with van der Waals surface area (Å²) in [5, 5.41) is 2.08. The first-order chi connectivity index (χ1) is 15.2. The molecular weight excluding hydrogens is 410 g/mol. The van der Waals surface area contributed by atoms with E-state index in [0.717, 1.165) is 45.9 Å². The Morgan fingerprint density at radius 3 is 2.03 bits per heavy atom. The fourth-order valence-electron chi connectivity index (χ4n) is 4.46. The van der Waals surface area contributed by atoms with Crippen molar-refractivity contribution in [2.24, 2.45) is 0 Å². The highest BCUT2D eigenvalue weighted by atomic mass is 28.3. The highest BCUT2D eigenvalue weighted by Crippen LogP contribution is 2.32. The lowest BCUT2D eigenvalue weighted by molar-refractivity contribution is 0.101. The van der Waals surface area contributed by atoms with Crippen LogP contribution >= 0.6 is 0 Å². The van der Waals surface area contributed by atoms with Crippen molar-refractivity contribution in [3.8, 4) is 0 Å². The van der Waals surface area contributed by atoms with Crippen molar-refractivity contribution in [1.29, 1.82) is 0 Å². The van der Waals surface area contributed by atoms with Gasteiger partial charge in [0.15, 0.2) is 11.6 Å². The molecule has 0 N–H and O–H groups in total. The molecule has 0 saturated carbocycles. The highest BCUT2D eigenvalue weighted by Gasteiger charge is 2.18. The largest absolute Gasteiger partial charge is 0.340 e. The number of rotatable bonds is 7. The van der Waals surface area contributed by atoms with E-state index in [1.165, 1.54) is 6.04 Å². The number of nitrogens with zero attached hydrogens (tertiary/aromatic N) is 1. The Morgan fingerprint density at radius 2 is 1.44 bits per heavy atom. The van der Waals surface area contributed by atoms with Gasteiger partial charge in [-0.05, 0) is 62.2 Å². The van der Waals surface area contributed by atoms with Crippen LogP contribution in [0.15, 0.2) is 60.7 Å². The number of aryl methyl sites for hydroxylation is 2. The number of benzene rings is 3. The third-order valence-electron chi connectivity index (χ3n) is 6.23. The molecule has 0 aliphatic rings. The standard InChI is InChI=1S/C28H31NO2Si/c1-19-9-6-7-10-23(19)28(31)22-12-14-27-25(18-22)24-17-21(20(2)30)11-13-26(24)29(27)15-8-16-32(3,4)5/h6-7,9-14,17-18H,8,15-16H2,1-5H3. The van der Waals surface area contributed by atoms with Gasteiger partial charge in [0.05, 0.1) is 0 Å². The molecule has 0 spiro atoms. The fraction of sp³-hybridized carbons (Fsp3) is 0.286. The molecule has 3 nitrogen and oxygen atoms in total. The molecular formula is C28H31NO2Si. The van der Waals surface area contributed by atoms with Gasteiger partial charge in [-0.2, -0.15) is 0 Å². The summed E-state index contributed by atoms with van der Waals surface area (Å²) < 4.78 is 2.36. The smallest absolute Gasteiger partial charge is 0.193 e. The van der Waals surface area contributed by atoms with Crippen LogP contribution in [0, 0.1) is 6.92 Å². The van der Waals surface area contributed by atoms with E-state index < -0.39 is 8.07 Å². The Balaban J connectivity index is 1.86. The summed E-state index contributed by atoms with van der Waals surface area (Å²) in [6, 6.07) is 21.0. The second-order valence-corrected chi connectivity index (χ2v) is 15.6. The molecule has 0 atom stereocenters. The van der Waals surface area contributed by atoms with Crippen LogP contribution in [-0.2, 0) is 6.54 Å². The molecule has 0 unspecified atom stereocenters. The van der Waals surface area contributed by atoms with Gasteiger partial charge in [-0.15, -0.1) is 0 Å². The first-order valence-corrected chi connectivity index (χ1v) is 15.0. The van der Waals surface area contributed by atoms with Gasteiger partial charge in [-0.3, -0.25) is 9.59 Å². The molecule has 32 heavy (non-hydrogen) atoms. The minimum atomic E-state index is -1.12. The summed E-state index contributed by atoms with van der Waals surface area (Å²) in [5.74, 6) is 0.0889. The van der Waals surface area contributed by atoms with Gasteiger partial charge in [0.2, 0.25) is 0 Å². The van der Waals surface area contributed by atoms with Gasteiger partial charge in [0.25, 0.3) is 0 Å². The monoisotopic (exact) mass is 441 g/mol. The normalized spacial score (nSPS) is 11.9. The van der Waals surface area contributed by atoms with Crippen LogP contribution in [0.5, 0.6) is 0 Å². The SMILES string of the molecule is CC(=O)c1ccc2c(c1)c1cc(C(=O)c3ccccc3C)ccc1n2CCC[Si](C)(C)C. The Bertz CT molecular complexity index is 1340. The molecule has 3 aromatic carbocycles. The summed E-state index contributed by atoms with van der Waals surface area (Å²) in [6.45, 7) is 11.7. The van der Waals surface area contributed by atoms with Crippen molar-refractivity contribution in [2.45, 2.75) is 52.5 Å². The summed E-state index contributed by atoms with van der Waals surface area (Å²) in [6.07, 6.45) is 1.13. The predicted molar refractivity (Wildman–Crippen MR) is 137 cm³/mol. The lowest BCUT2D eigenvalue weighted by Gasteiger charge is -2.16. The van der Waals surface area contributed by atoms with Crippen molar-refractivity contribution in [1.82, 2.24) is 4.57 Å². The van der Waals surface area contributed by atoms with Crippen LogP contribution in [0.25, 0.3) is 21.8 Å². The number of hydrogen-bond donors (Lipinski definition) is 0. The van der Waals surface area contributed by atoms with Crippen molar-refractivity contribution in [3.05, 3.63) is 82.9 Å². The Kier molecular flexibility index (Phi) is 5.91. The molecule has 0 fully saturated rings. The summed E-state index contributed by atoms with van der Waals surface area (Å²) in [4.78, 5) is 25.3. The first-order valence-electron chi connectivity index (χ1n) is 11.3. The minimum absolute atomic E-state index is 0.0346. The molecule has 0 aliphatic heterocycles. The maximum Gasteiger partial charge on any atom is 0.193 e. The van der Waals surface area contributed by atoms with E-state index in [1.54, 1.807) is 6.92 Å². The minimum Gasteiger partial charge on any atom is -0.340 e. The van der Waals surface area contributed by atoms with Crippen LogP contribution in [0.1, 0.15) is 45.2 Å². The lowest BCUT2D eigenvalue weighted by atomic mass is 9.97. The van der Waals surface area contributed by atoms with Gasteiger partial charge < -0.3 is 4.57 Å². The van der Waals surface area contributed by atoms with Crippen LogP contribution in [0.4, 0.5) is 0 Å². The van der Waals surface area contributed by atoms with E-state index in [2.05, 4.69) is 36.3 Å². The number of hydrogen-bond acceptors (Lipinski definition) is 2. The number of fused-ring (bicyclic) bond motifs is 3. The average Bonchev–Trinajstić information content (AvgIpc) is 3.05. The molecule has 0 aliphatic carbocycles. The van der Waals surface area contributed by atoms with Gasteiger partial charge in [-0.25, -0.2) is 0 Å². The van der Waals surface area contributed by atoms with Crippen LogP contribution in [0.2, 0.25) is 25.7 Å². The number of carbonyl (C=O) groups excluding carboxylic acids is 2. The lowest BCUT2D eigenvalue weighted by Crippen LogP contribution is -2.19. The van der Waals surface area contributed by atoms with E-state index >= 15 is 0 Å². The van der Waals surface area contributed by atoms with Crippen LogP contribution in [0.3, 0.4) is 0 Å². The Morgan fingerprint density at radius 1 is 0.844 bits per heavy atom. The third kappa shape index (κ3) is 4.33. The van der Waals surface area contributed by atoms with E-state index in [9.17, 15) is 9.59 Å². The van der Waals surface area contributed by atoms with E-state index in [4.69, 9.17) is 0 Å². The van der Waals surface area contributed by atoms with E-state index in [1.807, 2.05) is 55.5 Å². The second kappa shape index (κ2) is 8.51. The maximum atomic E-state index is 13.3. The molecule has 1 aromatic heterocycles. The maximum absolute atomic E-state index is 13.3. The van der Waals surface area contributed by atoms with Gasteiger partial charge in [0.1, 0.15) is 0 Å². The molecule has 0 saturated heterocycles. The zero-order valence-electron chi connectivity index (χ0n) is 19.7. The molecule has 4 heteroatoms.